The van der Waals surface area contributed by atoms with E-state index in [0.717, 1.165) is 12.8 Å². The Balaban J connectivity index is 1.07. The number of halogens is 1. The monoisotopic (exact) mass is 823 g/mol. The number of ether oxygens (including phenoxy) is 1. The maximum absolute atomic E-state index is 14.7. The van der Waals surface area contributed by atoms with Gasteiger partial charge in [-0.1, -0.05) is 55.3 Å². The Hall–Kier alpha value is -5.90. The number of nitrogens with one attached hydrogen (secondary N) is 2. The van der Waals surface area contributed by atoms with Crippen molar-refractivity contribution in [3.8, 4) is 17.3 Å². The van der Waals surface area contributed by atoms with Gasteiger partial charge in [0.1, 0.15) is 34.6 Å². The summed E-state index contributed by atoms with van der Waals surface area (Å²) in [5.74, 6) is -3.62. The molecule has 5 heterocycles. The molecule has 0 radical (unpaired) electrons. The van der Waals surface area contributed by atoms with Crippen molar-refractivity contribution in [1.82, 2.24) is 24.9 Å². The lowest BCUT2D eigenvalue weighted by Gasteiger charge is -2.29. The number of carbonyl (C=O) groups excluding carboxylic acids is 4. The molecule has 0 unspecified atom stereocenters. The van der Waals surface area contributed by atoms with Gasteiger partial charge in [0, 0.05) is 35.6 Å². The number of allylic oxidation sites excluding steroid dienone is 1. The van der Waals surface area contributed by atoms with Crippen molar-refractivity contribution in [2.24, 2.45) is 11.8 Å². The second-order valence-corrected chi connectivity index (χ2v) is 17.9. The molecule has 3 amide bonds. The van der Waals surface area contributed by atoms with Gasteiger partial charge in [-0.3, -0.25) is 23.9 Å². The highest BCUT2D eigenvalue weighted by Gasteiger charge is 2.62. The molecular formula is C43H42FN5O9S. The molecule has 59 heavy (non-hydrogen) atoms. The summed E-state index contributed by atoms with van der Waals surface area (Å²) in [6.45, 7) is -0.0953. The zero-order chi connectivity index (χ0) is 40.9. The Bertz CT molecular complexity index is 2590. The van der Waals surface area contributed by atoms with Crippen molar-refractivity contribution in [3.63, 3.8) is 0 Å². The molecule has 5 aromatic rings. The number of hydrogen-bond donors (Lipinski definition) is 2. The van der Waals surface area contributed by atoms with Crippen molar-refractivity contribution in [2.75, 3.05) is 6.54 Å². The standard InChI is InChI=1S/C43H42FN5O9S/c44-28-15-18-34-31(21-28)36-37(58-34)40(46-38(45-36)25-10-6-4-7-11-25)57-29-22-32-39(51)47-43(42(53)48-59(54,55)30-16-17-30)23-27(43)13-8-3-1-2-5-12-26(41(52)49(32)24-29)20-33(50)35-14-9-19-56-35/h4,6-11,13-15,18-19,21,26-27,29-30,32H,1-3,5,12,16-17,20,22-24H2,(H,47,51)(H,48,53)/b13-8-/t26-,27+,29-,32+,43-/m1/s1. The first-order valence-corrected chi connectivity index (χ1v) is 21.6. The van der Waals surface area contributed by atoms with Gasteiger partial charge in [0.25, 0.3) is 11.8 Å². The third kappa shape index (κ3) is 7.73. The van der Waals surface area contributed by atoms with Gasteiger partial charge >= 0.3 is 0 Å². The van der Waals surface area contributed by atoms with Crippen molar-refractivity contribution in [3.05, 3.63) is 90.7 Å². The first kappa shape index (κ1) is 38.6. The Morgan fingerprint density at radius 2 is 1.85 bits per heavy atom. The second kappa shape index (κ2) is 15.4. The van der Waals surface area contributed by atoms with Crippen molar-refractivity contribution < 1.29 is 45.6 Å². The van der Waals surface area contributed by atoms with Crippen LogP contribution in [0.1, 0.15) is 74.8 Å². The molecule has 2 aromatic carbocycles. The summed E-state index contributed by atoms with van der Waals surface area (Å²) in [4.78, 5) is 67.4. The number of benzene rings is 2. The SMILES string of the molecule is O=C(C[C@H]1CCCCC/C=C\[C@H]2C[C@@]2(C(=O)NS(=O)(=O)C2CC2)NC(=O)[C@@H]2C[C@@H](Oc3nc(-c4ccccc4)nc4c3oc3ccc(F)cc34)CN2C1=O)c1ccco1. The highest BCUT2D eigenvalue weighted by Crippen LogP contribution is 2.46. The molecule has 9 rings (SSSR count). The normalized spacial score (nSPS) is 25.7. The molecule has 2 aliphatic heterocycles. The lowest BCUT2D eigenvalue weighted by Crippen LogP contribution is -2.57. The molecule has 2 aliphatic carbocycles. The average Bonchev–Trinajstić information content (AvgIpc) is 4.02. The van der Waals surface area contributed by atoms with E-state index in [0.29, 0.717) is 54.2 Å². The molecule has 2 saturated carbocycles. The molecule has 306 valence electrons. The van der Waals surface area contributed by atoms with E-state index in [4.69, 9.17) is 23.5 Å². The fraction of sp³-hybridized carbons (Fsp3) is 0.395. The number of carbonyl (C=O) groups is 4. The van der Waals surface area contributed by atoms with Crippen LogP contribution >= 0.6 is 0 Å². The van der Waals surface area contributed by atoms with Crippen LogP contribution in [0.4, 0.5) is 4.39 Å². The number of hydrogen-bond acceptors (Lipinski definition) is 11. The van der Waals surface area contributed by atoms with Crippen LogP contribution in [0.5, 0.6) is 5.88 Å². The van der Waals surface area contributed by atoms with Crippen LogP contribution < -0.4 is 14.8 Å². The van der Waals surface area contributed by atoms with Gasteiger partial charge in [0.2, 0.25) is 27.4 Å². The molecule has 1 saturated heterocycles. The molecule has 2 N–H and O–H groups in total. The minimum atomic E-state index is -3.93. The van der Waals surface area contributed by atoms with Crippen LogP contribution in [0.2, 0.25) is 0 Å². The maximum atomic E-state index is 14.7. The maximum Gasteiger partial charge on any atom is 0.262 e. The van der Waals surface area contributed by atoms with E-state index >= 15 is 0 Å². The Kier molecular flexibility index (Phi) is 10.1. The summed E-state index contributed by atoms with van der Waals surface area (Å²) in [6, 6.07) is 15.2. The number of amides is 3. The largest absolute Gasteiger partial charge is 0.470 e. The van der Waals surface area contributed by atoms with Gasteiger partial charge in [-0.05, 0) is 68.9 Å². The van der Waals surface area contributed by atoms with E-state index in [1.54, 1.807) is 12.1 Å². The van der Waals surface area contributed by atoms with Crippen LogP contribution in [0.15, 0.2) is 87.9 Å². The van der Waals surface area contributed by atoms with Crippen LogP contribution in [-0.2, 0) is 24.4 Å². The number of rotatable bonds is 9. The highest BCUT2D eigenvalue weighted by molar-refractivity contribution is 7.91. The van der Waals surface area contributed by atoms with Crippen LogP contribution in [0.25, 0.3) is 33.5 Å². The topological polar surface area (TPSA) is 191 Å². The minimum absolute atomic E-state index is 0.0177. The van der Waals surface area contributed by atoms with Gasteiger partial charge in [0.05, 0.1) is 18.1 Å². The predicted octanol–water partition coefficient (Wildman–Crippen LogP) is 6.02. The van der Waals surface area contributed by atoms with Crippen LogP contribution in [0, 0.1) is 17.7 Å². The van der Waals surface area contributed by atoms with E-state index in [9.17, 15) is 32.0 Å². The van der Waals surface area contributed by atoms with Crippen molar-refractivity contribution in [2.45, 2.75) is 87.1 Å². The van der Waals surface area contributed by atoms with Crippen LogP contribution in [-0.4, -0.2) is 76.3 Å². The summed E-state index contributed by atoms with van der Waals surface area (Å²) in [6.07, 6.45) is 8.45. The Labute approximate surface area is 338 Å². The molecule has 3 aromatic heterocycles. The van der Waals surface area contributed by atoms with Crippen molar-refractivity contribution >= 4 is 55.6 Å². The summed E-state index contributed by atoms with van der Waals surface area (Å²) in [5, 5.41) is 2.63. The van der Waals surface area contributed by atoms with Crippen LogP contribution in [0.3, 0.4) is 0 Å². The number of aromatic nitrogens is 2. The summed E-state index contributed by atoms with van der Waals surface area (Å²) >= 11 is 0. The number of furan rings is 2. The van der Waals surface area contributed by atoms with E-state index in [-0.39, 0.29) is 54.6 Å². The fourth-order valence-electron chi connectivity index (χ4n) is 8.29. The Morgan fingerprint density at radius 3 is 2.63 bits per heavy atom. The molecule has 5 atom stereocenters. The van der Waals surface area contributed by atoms with E-state index in [2.05, 4.69) is 10.0 Å². The minimum Gasteiger partial charge on any atom is -0.470 e. The molecule has 0 spiro atoms. The van der Waals surface area contributed by atoms with Gasteiger partial charge in [-0.25, -0.2) is 17.8 Å². The van der Waals surface area contributed by atoms with Crippen molar-refractivity contribution in [1.29, 1.82) is 0 Å². The van der Waals surface area contributed by atoms with Gasteiger partial charge < -0.3 is 23.8 Å². The molecule has 14 nitrogen and oxygen atoms in total. The number of Topliss-reactive ketones (excluding diaryl/α,β-unsaturated/α-hetero) is 1. The molecule has 4 aliphatic rings. The summed E-state index contributed by atoms with van der Waals surface area (Å²) < 4.78 is 60.6. The smallest absolute Gasteiger partial charge is 0.262 e. The number of nitrogens with zero attached hydrogens (tertiary/aromatic N) is 3. The van der Waals surface area contributed by atoms with E-state index in [1.165, 1.54) is 29.4 Å². The average molecular weight is 824 g/mol. The fourth-order valence-corrected chi connectivity index (χ4v) is 9.65. The zero-order valence-electron chi connectivity index (χ0n) is 32.0. The van der Waals surface area contributed by atoms with Gasteiger partial charge in [-0.2, -0.15) is 4.98 Å². The molecular weight excluding hydrogens is 782 g/mol. The Morgan fingerprint density at radius 1 is 1.02 bits per heavy atom. The highest BCUT2D eigenvalue weighted by atomic mass is 32.2. The number of sulfonamides is 1. The van der Waals surface area contributed by atoms with Gasteiger partial charge in [-0.15, -0.1) is 0 Å². The quantitative estimate of drug-likeness (QED) is 0.131. The first-order valence-electron chi connectivity index (χ1n) is 20.0. The van der Waals surface area contributed by atoms with E-state index in [1.807, 2.05) is 42.5 Å². The molecule has 16 heteroatoms. The third-order valence-corrected chi connectivity index (χ3v) is 13.6. The summed E-state index contributed by atoms with van der Waals surface area (Å²) in [7, 11) is -3.93. The number of ketones is 1. The number of fused-ring (bicyclic) bond motifs is 5. The molecule has 0 bridgehead atoms. The van der Waals surface area contributed by atoms with Gasteiger partial charge in [0.15, 0.2) is 17.4 Å². The lowest BCUT2D eigenvalue weighted by atomic mass is 9.92. The third-order valence-electron chi connectivity index (χ3n) is 11.7. The lowest BCUT2D eigenvalue weighted by molar-refractivity contribution is -0.142. The molecule has 3 fully saturated rings. The zero-order valence-corrected chi connectivity index (χ0v) is 32.8. The first-order chi connectivity index (χ1) is 28.5. The summed E-state index contributed by atoms with van der Waals surface area (Å²) in [5.41, 5.74) is -0.0897. The van der Waals surface area contributed by atoms with E-state index < -0.39 is 68.3 Å². The predicted molar refractivity (Wildman–Crippen MR) is 212 cm³/mol. The second-order valence-electron chi connectivity index (χ2n) is 15.9.